The number of carbonyl (C=O) groups is 1. The summed E-state index contributed by atoms with van der Waals surface area (Å²) in [6, 6.07) is 0.336. The molecule has 1 aliphatic rings. The number of fused-ring (bicyclic) bond motifs is 1. The first-order valence-electron chi connectivity index (χ1n) is 11.6. The Morgan fingerprint density at radius 3 is 2.15 bits per heavy atom. The highest BCUT2D eigenvalue weighted by molar-refractivity contribution is 5.96. The van der Waals surface area contributed by atoms with Crippen molar-refractivity contribution in [3.05, 3.63) is 62.9 Å². The molecule has 4 N–H and O–H groups in total. The maximum atomic E-state index is 15.7. The van der Waals surface area contributed by atoms with E-state index in [0.717, 1.165) is 4.90 Å². The van der Waals surface area contributed by atoms with E-state index < -0.39 is 105 Å². The van der Waals surface area contributed by atoms with E-state index in [9.17, 15) is 46.1 Å². The van der Waals surface area contributed by atoms with Crippen molar-refractivity contribution in [3.63, 3.8) is 0 Å². The summed E-state index contributed by atoms with van der Waals surface area (Å²) in [5, 5.41) is 18.2. The smallest absolute Gasteiger partial charge is 0.396 e. The number of aliphatic hydroxyl groups excluding tert-OH is 2. The predicted molar refractivity (Wildman–Crippen MR) is 124 cm³/mol. The number of alkyl halides is 5. The normalized spacial score (nSPS) is 16.1. The highest BCUT2D eigenvalue weighted by atomic mass is 19.4. The highest BCUT2D eigenvalue weighted by Gasteiger charge is 2.62. The zero-order valence-corrected chi connectivity index (χ0v) is 20.7. The summed E-state index contributed by atoms with van der Waals surface area (Å²) < 4.78 is 128. The van der Waals surface area contributed by atoms with Gasteiger partial charge in [0.05, 0.1) is 29.9 Å². The fourth-order valence-electron chi connectivity index (χ4n) is 4.58. The lowest BCUT2D eigenvalue weighted by atomic mass is 9.81. The largest absolute Gasteiger partial charge is 0.453 e. The number of hydrogen-bond acceptors (Lipinski definition) is 6. The molecule has 17 heteroatoms. The molecular formula is C24H19F9N4O4. The van der Waals surface area contributed by atoms with Gasteiger partial charge in [-0.3, -0.25) is 14.2 Å². The summed E-state index contributed by atoms with van der Waals surface area (Å²) in [6.45, 7) is -1.23. The minimum atomic E-state index is -6.26. The van der Waals surface area contributed by atoms with Gasteiger partial charge < -0.3 is 20.8 Å². The first kappa shape index (κ1) is 30.1. The van der Waals surface area contributed by atoms with Crippen molar-refractivity contribution in [3.8, 4) is 5.69 Å². The third kappa shape index (κ3) is 4.65. The Kier molecular flexibility index (Phi) is 7.27. The summed E-state index contributed by atoms with van der Waals surface area (Å²) in [6.07, 6.45) is -5.86. The maximum absolute atomic E-state index is 15.7. The van der Waals surface area contributed by atoms with Crippen LogP contribution < -0.4 is 16.1 Å². The molecule has 1 aromatic carbocycles. The molecular weight excluding hydrogens is 579 g/mol. The number of nitrogens with zero attached hydrogens (tertiary/aromatic N) is 3. The number of anilines is 1. The predicted octanol–water partition coefficient (Wildman–Crippen LogP) is 3.13. The number of hydrogen-bond donors (Lipinski definition) is 3. The van der Waals surface area contributed by atoms with Gasteiger partial charge in [-0.25, -0.2) is 22.5 Å². The molecule has 1 aliphatic heterocycles. The van der Waals surface area contributed by atoms with Crippen molar-refractivity contribution < 1.29 is 54.5 Å². The zero-order valence-electron chi connectivity index (χ0n) is 20.7. The minimum Gasteiger partial charge on any atom is -0.396 e. The fraction of sp³-hybridized carbons (Fsp3) is 0.375. The molecule has 0 bridgehead atoms. The molecule has 1 amide bonds. The molecule has 3 aromatic rings. The van der Waals surface area contributed by atoms with Crippen LogP contribution in [0.3, 0.4) is 0 Å². The van der Waals surface area contributed by atoms with Crippen LogP contribution in [-0.2, 0) is 0 Å². The number of aromatic nitrogens is 2. The topological polar surface area (TPSA) is 122 Å². The summed E-state index contributed by atoms with van der Waals surface area (Å²) >= 11 is 0. The molecule has 1 fully saturated rings. The van der Waals surface area contributed by atoms with Gasteiger partial charge in [-0.05, 0) is 6.07 Å². The minimum absolute atomic E-state index is 0.152. The molecule has 3 heterocycles. The van der Waals surface area contributed by atoms with Crippen LogP contribution in [0.25, 0.3) is 16.7 Å². The van der Waals surface area contributed by atoms with Crippen LogP contribution in [-0.4, -0.2) is 64.1 Å². The van der Waals surface area contributed by atoms with Crippen LogP contribution in [0.4, 0.5) is 45.3 Å². The van der Waals surface area contributed by atoms with Gasteiger partial charge in [-0.1, -0.05) is 6.92 Å². The molecule has 222 valence electrons. The van der Waals surface area contributed by atoms with Crippen LogP contribution >= 0.6 is 0 Å². The summed E-state index contributed by atoms with van der Waals surface area (Å²) in [4.78, 5) is 29.8. The van der Waals surface area contributed by atoms with Crippen molar-refractivity contribution in [2.24, 2.45) is 11.1 Å². The van der Waals surface area contributed by atoms with E-state index in [1.165, 1.54) is 0 Å². The molecule has 1 saturated heterocycles. The van der Waals surface area contributed by atoms with Gasteiger partial charge in [0.25, 0.3) is 5.91 Å². The molecule has 2 aromatic heterocycles. The quantitative estimate of drug-likeness (QED) is 0.360. The molecule has 1 atom stereocenters. The van der Waals surface area contributed by atoms with Crippen LogP contribution in [0, 0.1) is 28.7 Å². The van der Waals surface area contributed by atoms with Crippen LogP contribution in [0.2, 0.25) is 0 Å². The Balaban J connectivity index is 2.04. The molecule has 1 unspecified atom stereocenters. The highest BCUT2D eigenvalue weighted by Crippen LogP contribution is 2.47. The van der Waals surface area contributed by atoms with Crippen LogP contribution in [0.5, 0.6) is 0 Å². The number of amides is 1. The number of aliphatic hydroxyl groups is 2. The molecule has 0 aliphatic carbocycles. The number of halogens is 9. The van der Waals surface area contributed by atoms with Crippen molar-refractivity contribution in [2.75, 3.05) is 31.2 Å². The van der Waals surface area contributed by atoms with Crippen molar-refractivity contribution >= 4 is 22.8 Å². The SMILES string of the molecule is CC(c1c(F)cc(F)c(-n2cc(C(N)=O)c(=O)c3cc(F)c(N4CC(CO)(CO)C4)nc32)c1F)C(F)(F)C(F)(F)F. The summed E-state index contributed by atoms with van der Waals surface area (Å²) in [7, 11) is 0. The molecule has 4 rings (SSSR count). The van der Waals surface area contributed by atoms with Crippen LogP contribution in [0.15, 0.2) is 23.1 Å². The number of primary amides is 1. The summed E-state index contributed by atoms with van der Waals surface area (Å²) in [5.74, 6) is -18.4. The van der Waals surface area contributed by atoms with Gasteiger partial charge in [0, 0.05) is 30.9 Å². The maximum Gasteiger partial charge on any atom is 0.453 e. The standard InChI is InChI=1S/C24H19F9N4O4/c1-9(23(29,30)24(31,32)33)15-12(25)3-13(26)17(16(15)28)37-4-11(19(34)41)18(40)10-2-14(27)21(35-20(10)37)36-5-22(6-36,7-38)8-39/h2-4,9,38-39H,5-8H2,1H3,(H2,34,41). The number of benzene rings is 1. The Morgan fingerprint density at radius 1 is 1.05 bits per heavy atom. The Labute approximate surface area is 223 Å². The molecule has 0 saturated carbocycles. The lowest BCUT2D eigenvalue weighted by molar-refractivity contribution is -0.290. The van der Waals surface area contributed by atoms with Gasteiger partial charge in [-0.15, -0.1) is 0 Å². The zero-order chi connectivity index (χ0) is 30.8. The van der Waals surface area contributed by atoms with E-state index in [4.69, 9.17) is 5.73 Å². The first-order chi connectivity index (χ1) is 18.9. The third-order valence-electron chi connectivity index (χ3n) is 6.98. The number of rotatable bonds is 7. The van der Waals surface area contributed by atoms with E-state index in [-0.39, 0.29) is 30.6 Å². The number of pyridine rings is 2. The van der Waals surface area contributed by atoms with Crippen molar-refractivity contribution in [1.29, 1.82) is 0 Å². The second-order valence-corrected chi connectivity index (χ2v) is 9.70. The lowest BCUT2D eigenvalue weighted by Crippen LogP contribution is -2.61. The van der Waals surface area contributed by atoms with Gasteiger partial charge in [0.15, 0.2) is 28.9 Å². The molecule has 0 spiro atoms. The van der Waals surface area contributed by atoms with Gasteiger partial charge >= 0.3 is 12.1 Å². The molecule has 0 radical (unpaired) electrons. The Hall–Kier alpha value is -3.86. The first-order valence-corrected chi connectivity index (χ1v) is 11.6. The van der Waals surface area contributed by atoms with E-state index in [0.29, 0.717) is 12.3 Å². The van der Waals surface area contributed by atoms with Gasteiger partial charge in [0.1, 0.15) is 17.1 Å². The Bertz CT molecular complexity index is 1610. The van der Waals surface area contributed by atoms with Crippen LogP contribution in [0.1, 0.15) is 28.8 Å². The molecule has 41 heavy (non-hydrogen) atoms. The third-order valence-corrected chi connectivity index (χ3v) is 6.98. The second-order valence-electron chi connectivity index (χ2n) is 9.70. The fourth-order valence-corrected chi connectivity index (χ4v) is 4.58. The van der Waals surface area contributed by atoms with E-state index in [1.54, 1.807) is 0 Å². The monoisotopic (exact) mass is 598 g/mol. The van der Waals surface area contributed by atoms with Crippen molar-refractivity contribution in [2.45, 2.75) is 24.9 Å². The Morgan fingerprint density at radius 2 is 1.63 bits per heavy atom. The number of nitrogens with two attached hydrogens (primary N) is 1. The van der Waals surface area contributed by atoms with Gasteiger partial charge in [0.2, 0.25) is 5.43 Å². The average molecular weight is 598 g/mol. The molecule has 8 nitrogen and oxygen atoms in total. The lowest BCUT2D eigenvalue weighted by Gasteiger charge is -2.48. The van der Waals surface area contributed by atoms with E-state index in [2.05, 4.69) is 4.98 Å². The van der Waals surface area contributed by atoms with E-state index in [1.807, 2.05) is 0 Å². The average Bonchev–Trinajstić information content (AvgIpc) is 2.84. The second kappa shape index (κ2) is 9.90. The number of carbonyl (C=O) groups excluding carboxylic acids is 1. The van der Waals surface area contributed by atoms with E-state index >= 15 is 13.2 Å². The summed E-state index contributed by atoms with van der Waals surface area (Å²) in [5.41, 5.74) is -2.41. The van der Waals surface area contributed by atoms with Gasteiger partial charge in [-0.2, -0.15) is 22.0 Å². The van der Waals surface area contributed by atoms with Crippen molar-refractivity contribution in [1.82, 2.24) is 9.55 Å².